The number of aryl methyl sites for hydroxylation is 2. The van der Waals surface area contributed by atoms with E-state index in [-0.39, 0.29) is 18.8 Å². The maximum Gasteiger partial charge on any atom is 0.311 e. The Morgan fingerprint density at radius 1 is 1.44 bits per heavy atom. The van der Waals surface area contributed by atoms with Crippen molar-refractivity contribution in [2.24, 2.45) is 0 Å². The lowest BCUT2D eigenvalue weighted by Gasteiger charge is -1.96. The minimum atomic E-state index is -0.872. The third kappa shape index (κ3) is 2.33. The van der Waals surface area contributed by atoms with E-state index in [1.165, 1.54) is 0 Å². The van der Waals surface area contributed by atoms with Crippen LogP contribution < -0.4 is 0 Å². The van der Waals surface area contributed by atoms with E-state index in [9.17, 15) is 4.79 Å². The number of nitrogens with one attached hydrogen (secondary N) is 1. The van der Waals surface area contributed by atoms with Gasteiger partial charge in [-0.3, -0.25) is 4.79 Å². The summed E-state index contributed by atoms with van der Waals surface area (Å²) in [5.74, 6) is -0.366. The summed E-state index contributed by atoms with van der Waals surface area (Å²) in [6.07, 6.45) is -0.0623. The average Bonchev–Trinajstić information content (AvgIpc) is 2.45. The van der Waals surface area contributed by atoms with Crippen LogP contribution in [-0.4, -0.2) is 21.0 Å². The zero-order chi connectivity index (χ0) is 11.0. The van der Waals surface area contributed by atoms with Crippen LogP contribution in [0.2, 0.25) is 0 Å². The molecule has 0 spiro atoms. The van der Waals surface area contributed by atoms with Crippen molar-refractivity contribution in [3.63, 3.8) is 0 Å². The summed E-state index contributed by atoms with van der Waals surface area (Å²) in [6.45, 7) is 3.98. The smallest absolute Gasteiger partial charge is 0.311 e. The molecule has 1 heterocycles. The predicted octanol–water partition coefficient (Wildman–Crippen LogP) is 2.23. The Morgan fingerprint density at radius 3 is 2.75 bits per heavy atom. The number of H-pyrrole nitrogens is 1. The molecule has 5 heteroatoms. The highest BCUT2D eigenvalue weighted by molar-refractivity contribution is 5.85. The number of imidazole rings is 1. The van der Waals surface area contributed by atoms with Gasteiger partial charge in [-0.1, -0.05) is 6.07 Å². The molecule has 0 radical (unpaired) electrons. The van der Waals surface area contributed by atoms with Crippen LogP contribution in [0.3, 0.4) is 0 Å². The summed E-state index contributed by atoms with van der Waals surface area (Å²) in [6, 6.07) is 4.01. The standard InChI is InChI=1S/C11H12N2O2.ClH/c1-6-3-7(2)11-8(4-6)12-9(13-11)5-10(14)15;/h3-4H,5H2,1-2H3,(H,12,13)(H,14,15);1H. The summed E-state index contributed by atoms with van der Waals surface area (Å²) < 4.78 is 0. The fraction of sp³-hybridized carbons (Fsp3) is 0.273. The van der Waals surface area contributed by atoms with Crippen LogP contribution in [0, 0.1) is 13.8 Å². The summed E-state index contributed by atoms with van der Waals surface area (Å²) in [5.41, 5.74) is 3.98. The molecule has 0 bridgehead atoms. The van der Waals surface area contributed by atoms with Gasteiger partial charge in [-0.05, 0) is 31.0 Å². The Morgan fingerprint density at radius 2 is 2.12 bits per heavy atom. The molecule has 0 amide bonds. The normalized spacial score (nSPS) is 10.1. The van der Waals surface area contributed by atoms with Crippen LogP contribution in [0.1, 0.15) is 17.0 Å². The number of aromatic amines is 1. The van der Waals surface area contributed by atoms with Crippen molar-refractivity contribution in [2.75, 3.05) is 0 Å². The highest BCUT2D eigenvalue weighted by atomic mass is 35.5. The molecule has 0 aliphatic heterocycles. The zero-order valence-electron chi connectivity index (χ0n) is 9.07. The van der Waals surface area contributed by atoms with E-state index in [1.54, 1.807) is 0 Å². The minimum Gasteiger partial charge on any atom is -0.481 e. The number of aliphatic carboxylic acids is 1. The number of fused-ring (bicyclic) bond motifs is 1. The first-order valence-electron chi connectivity index (χ1n) is 4.74. The molecule has 1 aromatic heterocycles. The van der Waals surface area contributed by atoms with Crippen LogP contribution in [0.25, 0.3) is 11.0 Å². The number of carbonyl (C=O) groups is 1. The molecule has 2 aromatic rings. The monoisotopic (exact) mass is 240 g/mol. The molecule has 0 unspecified atom stereocenters. The van der Waals surface area contributed by atoms with Gasteiger partial charge in [0.2, 0.25) is 0 Å². The first-order valence-corrected chi connectivity index (χ1v) is 4.74. The van der Waals surface area contributed by atoms with Gasteiger partial charge in [0.15, 0.2) is 0 Å². The minimum absolute atomic E-state index is 0. The average molecular weight is 241 g/mol. The lowest BCUT2D eigenvalue weighted by Crippen LogP contribution is -2.01. The van der Waals surface area contributed by atoms with Gasteiger partial charge in [-0.15, -0.1) is 12.4 Å². The zero-order valence-corrected chi connectivity index (χ0v) is 9.89. The number of carboxylic acid groups (broad SMARTS) is 1. The Labute approximate surface area is 99.1 Å². The van der Waals surface area contributed by atoms with Crippen molar-refractivity contribution in [1.29, 1.82) is 0 Å². The number of rotatable bonds is 2. The third-order valence-corrected chi connectivity index (χ3v) is 2.29. The molecule has 0 atom stereocenters. The topological polar surface area (TPSA) is 66.0 Å². The number of aromatic nitrogens is 2. The molecule has 0 fully saturated rings. The molecule has 0 saturated carbocycles. The van der Waals surface area contributed by atoms with Crippen LogP contribution >= 0.6 is 12.4 Å². The lowest BCUT2D eigenvalue weighted by atomic mass is 10.1. The molecule has 16 heavy (non-hydrogen) atoms. The van der Waals surface area contributed by atoms with E-state index in [4.69, 9.17) is 5.11 Å². The molecule has 0 aliphatic carbocycles. The van der Waals surface area contributed by atoms with Crippen LogP contribution in [0.4, 0.5) is 0 Å². The van der Waals surface area contributed by atoms with E-state index in [1.807, 2.05) is 26.0 Å². The second-order valence-corrected chi connectivity index (χ2v) is 3.73. The van der Waals surface area contributed by atoms with Gasteiger partial charge in [-0.25, -0.2) is 4.98 Å². The Hall–Kier alpha value is -1.55. The summed E-state index contributed by atoms with van der Waals surface area (Å²) in [4.78, 5) is 17.8. The van der Waals surface area contributed by atoms with Gasteiger partial charge >= 0.3 is 5.97 Å². The molecule has 2 N–H and O–H groups in total. The van der Waals surface area contributed by atoms with Crippen LogP contribution in [-0.2, 0) is 11.2 Å². The van der Waals surface area contributed by atoms with Gasteiger partial charge in [0, 0.05) is 0 Å². The van der Waals surface area contributed by atoms with Crippen molar-refractivity contribution in [1.82, 2.24) is 9.97 Å². The van der Waals surface area contributed by atoms with Gasteiger partial charge in [-0.2, -0.15) is 0 Å². The maximum absolute atomic E-state index is 10.5. The largest absolute Gasteiger partial charge is 0.481 e. The van der Waals surface area contributed by atoms with Crippen molar-refractivity contribution in [3.05, 3.63) is 29.1 Å². The van der Waals surface area contributed by atoms with Crippen molar-refractivity contribution in [3.8, 4) is 0 Å². The van der Waals surface area contributed by atoms with Crippen molar-refractivity contribution < 1.29 is 9.90 Å². The Kier molecular flexibility index (Phi) is 3.55. The molecule has 0 aliphatic rings. The maximum atomic E-state index is 10.5. The number of hydrogen-bond acceptors (Lipinski definition) is 2. The van der Waals surface area contributed by atoms with E-state index < -0.39 is 5.97 Å². The molecular weight excluding hydrogens is 228 g/mol. The molecular formula is C11H13ClN2O2. The van der Waals surface area contributed by atoms with E-state index in [0.717, 1.165) is 22.2 Å². The Bertz CT molecular complexity index is 534. The van der Waals surface area contributed by atoms with Gasteiger partial charge < -0.3 is 10.1 Å². The molecule has 1 aromatic carbocycles. The number of halogens is 1. The van der Waals surface area contributed by atoms with E-state index >= 15 is 0 Å². The quantitative estimate of drug-likeness (QED) is 0.846. The van der Waals surface area contributed by atoms with Gasteiger partial charge in [0.05, 0.1) is 11.0 Å². The molecule has 0 saturated heterocycles. The highest BCUT2D eigenvalue weighted by Crippen LogP contribution is 2.18. The first kappa shape index (κ1) is 12.5. The first-order chi connectivity index (χ1) is 7.06. The number of carboxylic acids is 1. The van der Waals surface area contributed by atoms with Crippen LogP contribution in [0.15, 0.2) is 12.1 Å². The predicted molar refractivity (Wildman–Crippen MR) is 64.2 cm³/mol. The lowest BCUT2D eigenvalue weighted by molar-refractivity contribution is -0.136. The number of nitrogens with zero attached hydrogens (tertiary/aromatic N) is 1. The molecule has 2 rings (SSSR count). The van der Waals surface area contributed by atoms with Gasteiger partial charge in [0.25, 0.3) is 0 Å². The fourth-order valence-electron chi connectivity index (χ4n) is 1.75. The molecule has 86 valence electrons. The fourth-order valence-corrected chi connectivity index (χ4v) is 1.75. The van der Waals surface area contributed by atoms with Crippen LogP contribution in [0.5, 0.6) is 0 Å². The summed E-state index contributed by atoms with van der Waals surface area (Å²) >= 11 is 0. The van der Waals surface area contributed by atoms with E-state index in [2.05, 4.69) is 9.97 Å². The third-order valence-electron chi connectivity index (χ3n) is 2.29. The summed E-state index contributed by atoms with van der Waals surface area (Å²) in [5, 5.41) is 8.66. The second-order valence-electron chi connectivity index (χ2n) is 3.73. The number of hydrogen-bond donors (Lipinski definition) is 2. The van der Waals surface area contributed by atoms with E-state index in [0.29, 0.717) is 5.82 Å². The Balaban J connectivity index is 0.00000128. The summed E-state index contributed by atoms with van der Waals surface area (Å²) in [7, 11) is 0. The van der Waals surface area contributed by atoms with Crippen molar-refractivity contribution in [2.45, 2.75) is 20.3 Å². The van der Waals surface area contributed by atoms with Gasteiger partial charge in [0.1, 0.15) is 12.2 Å². The molecule has 4 nitrogen and oxygen atoms in total. The van der Waals surface area contributed by atoms with Crippen molar-refractivity contribution >= 4 is 29.4 Å². The second kappa shape index (κ2) is 4.53. The number of benzene rings is 1. The SMILES string of the molecule is Cc1cc(C)c2nc(CC(=O)O)[nH]c2c1.Cl. The highest BCUT2D eigenvalue weighted by Gasteiger charge is 2.08.